The van der Waals surface area contributed by atoms with Crippen molar-refractivity contribution in [3.8, 4) is 0 Å². The highest BCUT2D eigenvalue weighted by atomic mass is 32.2. The molecular formula is C13H25N3O4S2. The molecule has 0 saturated heterocycles. The summed E-state index contributed by atoms with van der Waals surface area (Å²) in [6.07, 6.45) is 2.17. The molecule has 0 aromatic heterocycles. The van der Waals surface area contributed by atoms with Crippen molar-refractivity contribution in [3.05, 3.63) is 0 Å². The number of thioether (sulfide) groups is 1. The molecule has 0 aliphatic rings. The predicted molar refractivity (Wildman–Crippen MR) is 91.2 cm³/mol. The van der Waals surface area contributed by atoms with E-state index in [-0.39, 0.29) is 11.7 Å². The van der Waals surface area contributed by atoms with Gasteiger partial charge in [-0.2, -0.15) is 24.4 Å². The fourth-order valence-corrected chi connectivity index (χ4v) is 2.27. The van der Waals surface area contributed by atoms with Gasteiger partial charge >= 0.3 is 5.97 Å². The third kappa shape index (κ3) is 7.37. The largest absolute Gasteiger partial charge is 0.480 e. The normalized spacial score (nSPS) is 15.0. The van der Waals surface area contributed by atoms with Crippen LogP contribution in [0.25, 0.3) is 0 Å². The van der Waals surface area contributed by atoms with Gasteiger partial charge in [-0.15, -0.1) is 0 Å². The van der Waals surface area contributed by atoms with Crippen LogP contribution >= 0.6 is 24.4 Å². The highest BCUT2D eigenvalue weighted by molar-refractivity contribution is 7.98. The summed E-state index contributed by atoms with van der Waals surface area (Å²) in [5.74, 6) is -1.54. The Labute approximate surface area is 140 Å². The lowest BCUT2D eigenvalue weighted by Crippen LogP contribution is -2.56. The average Bonchev–Trinajstić information content (AvgIpc) is 2.46. The van der Waals surface area contributed by atoms with E-state index in [9.17, 15) is 14.4 Å². The van der Waals surface area contributed by atoms with Crippen LogP contribution in [0, 0.1) is 5.92 Å². The molecule has 0 aliphatic heterocycles. The molecule has 0 aliphatic carbocycles. The van der Waals surface area contributed by atoms with Gasteiger partial charge in [0.25, 0.3) is 0 Å². The molecule has 0 radical (unpaired) electrons. The molecule has 0 unspecified atom stereocenters. The summed E-state index contributed by atoms with van der Waals surface area (Å²) in [5.41, 5.74) is 5.56. The molecule has 0 heterocycles. The number of aliphatic carboxylic acids is 1. The first-order valence-corrected chi connectivity index (χ1v) is 8.96. The summed E-state index contributed by atoms with van der Waals surface area (Å²) < 4.78 is 0. The number of amides is 2. The zero-order valence-corrected chi connectivity index (χ0v) is 14.7. The van der Waals surface area contributed by atoms with Crippen molar-refractivity contribution in [1.29, 1.82) is 0 Å². The molecule has 22 heavy (non-hydrogen) atoms. The molecule has 128 valence electrons. The minimum Gasteiger partial charge on any atom is -0.480 e. The van der Waals surface area contributed by atoms with Crippen molar-refractivity contribution in [2.24, 2.45) is 11.7 Å². The van der Waals surface area contributed by atoms with Crippen LogP contribution in [0.15, 0.2) is 0 Å². The fraction of sp³-hybridized carbons (Fsp3) is 0.769. The average molecular weight is 351 g/mol. The Balaban J connectivity index is 4.83. The molecule has 0 saturated carbocycles. The van der Waals surface area contributed by atoms with E-state index in [1.54, 1.807) is 13.8 Å². The lowest BCUT2D eigenvalue weighted by Gasteiger charge is -2.25. The predicted octanol–water partition coefficient (Wildman–Crippen LogP) is -0.293. The molecule has 2 amide bonds. The van der Waals surface area contributed by atoms with E-state index in [4.69, 9.17) is 10.8 Å². The first-order chi connectivity index (χ1) is 10.2. The van der Waals surface area contributed by atoms with Gasteiger partial charge in [0.1, 0.15) is 12.1 Å². The lowest BCUT2D eigenvalue weighted by molar-refractivity contribution is -0.142. The van der Waals surface area contributed by atoms with Gasteiger partial charge in [-0.1, -0.05) is 13.8 Å². The Morgan fingerprint density at radius 1 is 1.23 bits per heavy atom. The minimum atomic E-state index is -1.09. The van der Waals surface area contributed by atoms with Crippen molar-refractivity contribution >= 4 is 42.2 Å². The van der Waals surface area contributed by atoms with Gasteiger partial charge in [0.15, 0.2) is 0 Å². The Bertz CT molecular complexity index is 393. The third-order valence-corrected chi connectivity index (χ3v) is 4.04. The molecule has 9 heteroatoms. The Kier molecular flexibility index (Phi) is 10.3. The zero-order chi connectivity index (χ0) is 17.3. The maximum absolute atomic E-state index is 12.3. The van der Waals surface area contributed by atoms with E-state index < -0.39 is 35.9 Å². The highest BCUT2D eigenvalue weighted by Crippen LogP contribution is 2.06. The molecule has 5 N–H and O–H groups in total. The summed E-state index contributed by atoms with van der Waals surface area (Å²) >= 11 is 5.43. The second-order valence-electron chi connectivity index (χ2n) is 5.20. The van der Waals surface area contributed by atoms with Crippen LogP contribution in [0.4, 0.5) is 0 Å². The smallest absolute Gasteiger partial charge is 0.326 e. The van der Waals surface area contributed by atoms with Gasteiger partial charge < -0.3 is 21.5 Å². The SMILES string of the molecule is CSCC[C@H](NC(=O)[C@@H](NC(=O)[C@@H](N)CS)C(C)C)C(=O)O. The van der Waals surface area contributed by atoms with E-state index in [2.05, 4.69) is 23.3 Å². The van der Waals surface area contributed by atoms with E-state index in [0.29, 0.717) is 12.2 Å². The monoisotopic (exact) mass is 351 g/mol. The molecular weight excluding hydrogens is 326 g/mol. The van der Waals surface area contributed by atoms with Crippen molar-refractivity contribution in [1.82, 2.24) is 10.6 Å². The summed E-state index contributed by atoms with van der Waals surface area (Å²) in [5, 5.41) is 14.1. The number of nitrogens with two attached hydrogens (primary N) is 1. The molecule has 0 fully saturated rings. The first-order valence-electron chi connectivity index (χ1n) is 6.93. The van der Waals surface area contributed by atoms with Gasteiger partial charge in [-0.25, -0.2) is 4.79 Å². The van der Waals surface area contributed by atoms with Gasteiger partial charge in [-0.3, -0.25) is 9.59 Å². The van der Waals surface area contributed by atoms with E-state index in [1.165, 1.54) is 11.8 Å². The van der Waals surface area contributed by atoms with Gasteiger partial charge in [0, 0.05) is 5.75 Å². The van der Waals surface area contributed by atoms with Crippen LogP contribution in [0.3, 0.4) is 0 Å². The lowest BCUT2D eigenvalue weighted by atomic mass is 10.0. The molecule has 0 aromatic carbocycles. The number of rotatable bonds is 10. The maximum Gasteiger partial charge on any atom is 0.326 e. The second kappa shape index (κ2) is 10.7. The van der Waals surface area contributed by atoms with Crippen molar-refractivity contribution < 1.29 is 19.5 Å². The fourth-order valence-electron chi connectivity index (χ4n) is 1.63. The number of nitrogens with one attached hydrogen (secondary N) is 2. The maximum atomic E-state index is 12.3. The van der Waals surface area contributed by atoms with E-state index >= 15 is 0 Å². The van der Waals surface area contributed by atoms with Crippen molar-refractivity contribution in [2.75, 3.05) is 17.8 Å². The molecule has 3 atom stereocenters. The van der Waals surface area contributed by atoms with E-state index in [1.807, 2.05) is 6.26 Å². The molecule has 0 aromatic rings. The quantitative estimate of drug-likeness (QED) is 0.345. The minimum absolute atomic E-state index is 0.156. The second-order valence-corrected chi connectivity index (χ2v) is 6.55. The van der Waals surface area contributed by atoms with Gasteiger partial charge in [0.05, 0.1) is 6.04 Å². The van der Waals surface area contributed by atoms with Crippen LogP contribution in [0.2, 0.25) is 0 Å². The topological polar surface area (TPSA) is 122 Å². The van der Waals surface area contributed by atoms with E-state index in [0.717, 1.165) is 0 Å². The summed E-state index contributed by atoms with van der Waals surface area (Å²) in [4.78, 5) is 35.2. The molecule has 0 spiro atoms. The van der Waals surface area contributed by atoms with Crippen LogP contribution in [-0.2, 0) is 14.4 Å². The number of carboxylic acids is 1. The van der Waals surface area contributed by atoms with Gasteiger partial charge in [-0.05, 0) is 24.3 Å². The standard InChI is InChI=1S/C13H25N3O4S2/c1-7(2)10(16-11(17)8(14)6-21)12(18)15-9(13(19)20)4-5-22-3/h7-10,21H,4-6,14H2,1-3H3,(H,15,18)(H,16,17)(H,19,20)/t8-,9-,10-/m0/s1. The Morgan fingerprint density at radius 2 is 1.82 bits per heavy atom. The number of hydrogen-bond acceptors (Lipinski definition) is 6. The van der Waals surface area contributed by atoms with Crippen LogP contribution in [-0.4, -0.2) is 58.8 Å². The number of carbonyl (C=O) groups excluding carboxylic acids is 2. The van der Waals surface area contributed by atoms with Gasteiger partial charge in [0.2, 0.25) is 11.8 Å². The third-order valence-electron chi connectivity index (χ3n) is 3.01. The number of thiol groups is 1. The zero-order valence-electron chi connectivity index (χ0n) is 13.0. The first kappa shape index (κ1) is 21.1. The highest BCUT2D eigenvalue weighted by Gasteiger charge is 2.29. The van der Waals surface area contributed by atoms with Crippen molar-refractivity contribution in [3.63, 3.8) is 0 Å². The molecule has 7 nitrogen and oxygen atoms in total. The van der Waals surface area contributed by atoms with Crippen molar-refractivity contribution in [2.45, 2.75) is 38.4 Å². The number of carboxylic acid groups (broad SMARTS) is 1. The molecule has 0 rings (SSSR count). The van der Waals surface area contributed by atoms with Crippen LogP contribution in [0.1, 0.15) is 20.3 Å². The number of hydrogen-bond donors (Lipinski definition) is 5. The Hall–Kier alpha value is -0.930. The summed E-state index contributed by atoms with van der Waals surface area (Å²) in [6, 6.07) is -2.63. The summed E-state index contributed by atoms with van der Waals surface area (Å²) in [7, 11) is 0. The molecule has 0 bridgehead atoms. The summed E-state index contributed by atoms with van der Waals surface area (Å²) in [6.45, 7) is 3.52. The van der Waals surface area contributed by atoms with Crippen LogP contribution < -0.4 is 16.4 Å². The van der Waals surface area contributed by atoms with Crippen LogP contribution in [0.5, 0.6) is 0 Å². The number of carbonyl (C=O) groups is 3. The Morgan fingerprint density at radius 3 is 2.23 bits per heavy atom.